The predicted octanol–water partition coefficient (Wildman–Crippen LogP) is 0.134. The Morgan fingerprint density at radius 3 is 2.75 bits per heavy atom. The van der Waals surface area contributed by atoms with E-state index in [-0.39, 0.29) is 16.2 Å². The van der Waals surface area contributed by atoms with Crippen molar-refractivity contribution in [2.75, 3.05) is 37.9 Å². The zero-order valence-corrected chi connectivity index (χ0v) is 12.1. The topological polar surface area (TPSA) is 117 Å². The molecule has 1 aliphatic heterocycles. The van der Waals surface area contributed by atoms with E-state index in [1.165, 1.54) is 6.07 Å². The van der Waals surface area contributed by atoms with Gasteiger partial charge < -0.3 is 20.5 Å². The molecule has 1 saturated heterocycles. The maximum atomic E-state index is 11.3. The first kappa shape index (κ1) is 15.0. The zero-order chi connectivity index (χ0) is 14.8. The highest BCUT2D eigenvalue weighted by atomic mass is 32.2. The van der Waals surface area contributed by atoms with E-state index in [4.69, 9.17) is 20.3 Å². The largest absolute Gasteiger partial charge is 0.398 e. The number of primary sulfonamides is 1. The molecule has 0 spiro atoms. The van der Waals surface area contributed by atoms with Gasteiger partial charge in [0.05, 0.1) is 12.3 Å². The number of ether oxygens (including phenoxy) is 2. The Bertz CT molecular complexity index is 582. The summed E-state index contributed by atoms with van der Waals surface area (Å²) in [6.07, 6.45) is 0.807. The van der Waals surface area contributed by atoms with E-state index < -0.39 is 10.0 Å². The van der Waals surface area contributed by atoms with Gasteiger partial charge in [0.25, 0.3) is 0 Å². The molecule has 5 N–H and O–H groups in total. The van der Waals surface area contributed by atoms with Crippen LogP contribution in [0, 0.1) is 0 Å². The van der Waals surface area contributed by atoms with Crippen molar-refractivity contribution in [3.8, 4) is 0 Å². The SMILES string of the molecule is COC1(CNc2ccc(S(N)(=O)=O)c(N)c2)CCOC1. The number of sulfonamides is 1. The summed E-state index contributed by atoms with van der Waals surface area (Å²) in [7, 11) is -2.15. The highest BCUT2D eigenvalue weighted by Gasteiger charge is 2.34. The predicted molar refractivity (Wildman–Crippen MR) is 75.9 cm³/mol. The first-order chi connectivity index (χ1) is 9.36. The molecule has 1 atom stereocenters. The molecule has 0 saturated carbocycles. The second-order valence-corrected chi connectivity index (χ2v) is 6.37. The molecule has 1 aromatic rings. The third-order valence-electron chi connectivity index (χ3n) is 3.43. The number of nitrogens with one attached hydrogen (secondary N) is 1. The fourth-order valence-electron chi connectivity index (χ4n) is 2.14. The lowest BCUT2D eigenvalue weighted by molar-refractivity contribution is -0.00619. The Morgan fingerprint density at radius 2 is 2.25 bits per heavy atom. The maximum absolute atomic E-state index is 11.3. The minimum atomic E-state index is -3.80. The van der Waals surface area contributed by atoms with Gasteiger partial charge in [0.1, 0.15) is 10.5 Å². The molecule has 0 aliphatic carbocycles. The third-order valence-corrected chi connectivity index (χ3v) is 4.42. The fraction of sp³-hybridized carbons (Fsp3) is 0.500. The minimum Gasteiger partial charge on any atom is -0.398 e. The first-order valence-electron chi connectivity index (χ1n) is 6.15. The van der Waals surface area contributed by atoms with Crippen molar-refractivity contribution in [2.45, 2.75) is 16.9 Å². The summed E-state index contributed by atoms with van der Waals surface area (Å²) in [5.74, 6) is 0. The summed E-state index contributed by atoms with van der Waals surface area (Å²) in [6, 6.07) is 4.55. The first-order valence-corrected chi connectivity index (χ1v) is 7.70. The summed E-state index contributed by atoms with van der Waals surface area (Å²) >= 11 is 0. The van der Waals surface area contributed by atoms with Gasteiger partial charge in [-0.1, -0.05) is 0 Å². The molecule has 1 fully saturated rings. The Hall–Kier alpha value is -1.35. The van der Waals surface area contributed by atoms with Crippen LogP contribution in [0.5, 0.6) is 0 Å². The lowest BCUT2D eigenvalue weighted by Crippen LogP contribution is -2.39. The van der Waals surface area contributed by atoms with Crippen LogP contribution in [0.25, 0.3) is 0 Å². The molecule has 8 heteroatoms. The van der Waals surface area contributed by atoms with E-state index in [2.05, 4.69) is 5.32 Å². The van der Waals surface area contributed by atoms with Crippen molar-refractivity contribution < 1.29 is 17.9 Å². The number of rotatable bonds is 5. The van der Waals surface area contributed by atoms with Gasteiger partial charge in [-0.15, -0.1) is 0 Å². The quantitative estimate of drug-likeness (QED) is 0.666. The number of benzene rings is 1. The van der Waals surface area contributed by atoms with Gasteiger partial charge in [0, 0.05) is 32.4 Å². The van der Waals surface area contributed by atoms with E-state index in [1.807, 2.05) is 0 Å². The van der Waals surface area contributed by atoms with E-state index in [0.29, 0.717) is 25.4 Å². The third kappa shape index (κ3) is 3.21. The number of hydrogen-bond donors (Lipinski definition) is 3. The Kier molecular flexibility index (Phi) is 4.19. The van der Waals surface area contributed by atoms with Crippen molar-refractivity contribution in [1.82, 2.24) is 0 Å². The molecular weight excluding hydrogens is 282 g/mol. The van der Waals surface area contributed by atoms with Crippen molar-refractivity contribution >= 4 is 21.4 Å². The normalized spacial score (nSPS) is 22.9. The molecule has 1 aromatic carbocycles. The second-order valence-electron chi connectivity index (χ2n) is 4.84. The average molecular weight is 301 g/mol. The molecule has 0 bridgehead atoms. The molecule has 20 heavy (non-hydrogen) atoms. The van der Waals surface area contributed by atoms with E-state index in [9.17, 15) is 8.42 Å². The van der Waals surface area contributed by atoms with Crippen LogP contribution in [0.2, 0.25) is 0 Å². The summed E-state index contributed by atoms with van der Waals surface area (Å²) in [4.78, 5) is -0.0753. The van der Waals surface area contributed by atoms with Crippen molar-refractivity contribution in [2.24, 2.45) is 5.14 Å². The van der Waals surface area contributed by atoms with Gasteiger partial charge in [-0.25, -0.2) is 13.6 Å². The molecule has 7 nitrogen and oxygen atoms in total. The Labute approximate surface area is 118 Å². The number of anilines is 2. The van der Waals surface area contributed by atoms with E-state index in [0.717, 1.165) is 6.42 Å². The molecule has 2 rings (SSSR count). The fourth-order valence-corrected chi connectivity index (χ4v) is 2.79. The van der Waals surface area contributed by atoms with Crippen LogP contribution >= 0.6 is 0 Å². The Morgan fingerprint density at radius 1 is 1.50 bits per heavy atom. The number of nitrogen functional groups attached to an aromatic ring is 1. The smallest absolute Gasteiger partial charge is 0.240 e. The van der Waals surface area contributed by atoms with Gasteiger partial charge >= 0.3 is 0 Å². The number of nitrogens with two attached hydrogens (primary N) is 2. The summed E-state index contributed by atoms with van der Waals surface area (Å²) in [6.45, 7) is 1.75. The second kappa shape index (κ2) is 5.57. The number of methoxy groups -OCH3 is 1. The van der Waals surface area contributed by atoms with E-state index >= 15 is 0 Å². The molecule has 1 aliphatic rings. The summed E-state index contributed by atoms with van der Waals surface area (Å²) in [5, 5.41) is 8.24. The van der Waals surface area contributed by atoms with Crippen molar-refractivity contribution in [3.05, 3.63) is 18.2 Å². The van der Waals surface area contributed by atoms with Crippen molar-refractivity contribution in [3.63, 3.8) is 0 Å². The highest BCUT2D eigenvalue weighted by molar-refractivity contribution is 7.89. The molecule has 0 aromatic heterocycles. The Balaban J connectivity index is 2.09. The van der Waals surface area contributed by atoms with Crippen LogP contribution in [-0.2, 0) is 19.5 Å². The van der Waals surface area contributed by atoms with Gasteiger partial charge in [0.2, 0.25) is 10.0 Å². The van der Waals surface area contributed by atoms with Crippen LogP contribution in [0.1, 0.15) is 6.42 Å². The van der Waals surface area contributed by atoms with E-state index in [1.54, 1.807) is 19.2 Å². The van der Waals surface area contributed by atoms with Crippen LogP contribution < -0.4 is 16.2 Å². The van der Waals surface area contributed by atoms with Crippen LogP contribution in [0.3, 0.4) is 0 Å². The van der Waals surface area contributed by atoms with Crippen LogP contribution in [-0.4, -0.2) is 40.9 Å². The molecule has 1 heterocycles. The summed E-state index contributed by atoms with van der Waals surface area (Å²) in [5.41, 5.74) is 6.17. The minimum absolute atomic E-state index is 0.0753. The molecular formula is C12H19N3O4S. The van der Waals surface area contributed by atoms with Crippen molar-refractivity contribution in [1.29, 1.82) is 0 Å². The number of hydrogen-bond acceptors (Lipinski definition) is 6. The maximum Gasteiger partial charge on any atom is 0.240 e. The van der Waals surface area contributed by atoms with Crippen LogP contribution in [0.4, 0.5) is 11.4 Å². The van der Waals surface area contributed by atoms with Gasteiger partial charge in [-0.05, 0) is 18.2 Å². The van der Waals surface area contributed by atoms with Gasteiger partial charge in [0.15, 0.2) is 0 Å². The average Bonchev–Trinajstić information content (AvgIpc) is 2.84. The molecule has 1 unspecified atom stereocenters. The monoisotopic (exact) mass is 301 g/mol. The summed E-state index contributed by atoms with van der Waals surface area (Å²) < 4.78 is 33.4. The lowest BCUT2D eigenvalue weighted by Gasteiger charge is -2.26. The molecule has 112 valence electrons. The molecule has 0 amide bonds. The highest BCUT2D eigenvalue weighted by Crippen LogP contribution is 2.25. The van der Waals surface area contributed by atoms with Crippen LogP contribution in [0.15, 0.2) is 23.1 Å². The van der Waals surface area contributed by atoms with Gasteiger partial charge in [-0.2, -0.15) is 0 Å². The van der Waals surface area contributed by atoms with Gasteiger partial charge in [-0.3, -0.25) is 0 Å². The zero-order valence-electron chi connectivity index (χ0n) is 11.3. The molecule has 0 radical (unpaired) electrons. The lowest BCUT2D eigenvalue weighted by atomic mass is 10.0. The standard InChI is InChI=1S/C12H19N3O4S/c1-18-12(4-5-19-8-12)7-15-9-2-3-11(10(13)6-9)20(14,16)17/h2-3,6,15H,4-5,7-8,13H2,1H3,(H2,14,16,17).